The van der Waals surface area contributed by atoms with E-state index in [-0.39, 0.29) is 0 Å². The fourth-order valence-corrected chi connectivity index (χ4v) is 0.445. The van der Waals surface area contributed by atoms with Gasteiger partial charge in [0.05, 0.1) is 6.17 Å². The molecule has 0 amide bonds. The molecule has 0 aromatic rings. The molecule has 0 bridgehead atoms. The quantitative estimate of drug-likeness (QED) is 0.569. The second-order valence-corrected chi connectivity index (χ2v) is 1.89. The van der Waals surface area contributed by atoms with Gasteiger partial charge in [0.2, 0.25) is 0 Å². The molecule has 0 aliphatic carbocycles. The highest BCUT2D eigenvalue weighted by Gasteiger charge is 1.92. The summed E-state index contributed by atoms with van der Waals surface area (Å²) < 4.78 is 0. The largest absolute Gasteiger partial charge is 0.301 e. The van der Waals surface area contributed by atoms with E-state index in [9.17, 15) is 0 Å². The van der Waals surface area contributed by atoms with Crippen molar-refractivity contribution in [2.24, 2.45) is 0 Å². The van der Waals surface area contributed by atoms with Gasteiger partial charge in [0.1, 0.15) is 0 Å². The average Bonchev–Trinajstić information content (AvgIpc) is 1.83. The van der Waals surface area contributed by atoms with Gasteiger partial charge in [0.15, 0.2) is 0 Å². The Bertz CT molecular complexity index is 45.8. The molecule has 1 radical (unpaired) electrons. The van der Waals surface area contributed by atoms with Crippen LogP contribution in [0, 0.1) is 0 Å². The summed E-state index contributed by atoms with van der Waals surface area (Å²) in [6.07, 6.45) is 1.51. The molecule has 49 valence electrons. The molecule has 1 N–H and O–H groups in total. The normalized spacial score (nSPS) is 13.9. The first kappa shape index (κ1) is 7.92. The first-order chi connectivity index (χ1) is 3.81. The molecule has 1 atom stereocenters. The van der Waals surface area contributed by atoms with Crippen LogP contribution >= 0.6 is 0 Å². The zero-order chi connectivity index (χ0) is 6.41. The minimum atomic E-state index is 0.329. The second kappa shape index (κ2) is 5.06. The molecule has 0 spiro atoms. The number of hydrogen-bond donors (Lipinski definition) is 1. The van der Waals surface area contributed by atoms with Crippen molar-refractivity contribution < 1.29 is 0 Å². The molecule has 0 saturated heterocycles. The van der Waals surface area contributed by atoms with Crippen LogP contribution < -0.4 is 10.6 Å². The van der Waals surface area contributed by atoms with Gasteiger partial charge in [0.25, 0.3) is 0 Å². The van der Waals surface area contributed by atoms with Gasteiger partial charge < -0.3 is 5.32 Å². The van der Waals surface area contributed by atoms with E-state index in [1.807, 2.05) is 7.05 Å². The molecule has 0 fully saturated rings. The molecule has 0 aliphatic heterocycles. The Morgan fingerprint density at radius 2 is 2.25 bits per heavy atom. The molecule has 0 aromatic carbocycles. The molecule has 0 heterocycles. The maximum absolute atomic E-state index is 4.01. The summed E-state index contributed by atoms with van der Waals surface area (Å²) in [7, 11) is 1.83. The molecule has 0 aliphatic rings. The van der Waals surface area contributed by atoms with Gasteiger partial charge >= 0.3 is 0 Å². The van der Waals surface area contributed by atoms with Crippen LogP contribution in [0.5, 0.6) is 0 Å². The highest BCUT2D eigenvalue weighted by atomic mass is 15.1. The van der Waals surface area contributed by atoms with E-state index in [2.05, 4.69) is 24.5 Å². The Balaban J connectivity index is 2.86. The van der Waals surface area contributed by atoms with Crippen molar-refractivity contribution in [3.8, 4) is 0 Å². The van der Waals surface area contributed by atoms with Crippen LogP contribution in [-0.2, 0) is 0 Å². The Morgan fingerprint density at radius 3 is 2.62 bits per heavy atom. The van der Waals surface area contributed by atoms with Crippen LogP contribution in [0.2, 0.25) is 0 Å². The van der Waals surface area contributed by atoms with Crippen LogP contribution in [0.4, 0.5) is 0 Å². The summed E-state index contributed by atoms with van der Waals surface area (Å²) in [6.45, 7) is 5.27. The van der Waals surface area contributed by atoms with E-state index < -0.39 is 0 Å². The summed E-state index contributed by atoms with van der Waals surface area (Å²) in [5, 5.41) is 7.23. The van der Waals surface area contributed by atoms with Crippen LogP contribution in [-0.4, -0.2) is 19.8 Å². The Labute approximate surface area is 51.7 Å². The second-order valence-electron chi connectivity index (χ2n) is 1.89. The van der Waals surface area contributed by atoms with Crippen LogP contribution in [0.1, 0.15) is 20.3 Å². The molecule has 0 aromatic heterocycles. The molecule has 2 nitrogen and oxygen atoms in total. The zero-order valence-corrected chi connectivity index (χ0v) is 5.94. The van der Waals surface area contributed by atoms with Gasteiger partial charge in [0, 0.05) is 7.05 Å². The molecular formula is C6H15N2. The van der Waals surface area contributed by atoms with E-state index in [0.29, 0.717) is 6.17 Å². The first-order valence-corrected chi connectivity index (χ1v) is 3.13. The predicted octanol–water partition coefficient (Wildman–Crippen LogP) is 0.566. The predicted molar refractivity (Wildman–Crippen MR) is 35.8 cm³/mol. The summed E-state index contributed by atoms with van der Waals surface area (Å²) >= 11 is 0. The fourth-order valence-electron chi connectivity index (χ4n) is 0.445. The lowest BCUT2D eigenvalue weighted by Gasteiger charge is -2.08. The van der Waals surface area contributed by atoms with E-state index in [1.54, 1.807) is 0 Å². The van der Waals surface area contributed by atoms with Gasteiger partial charge in [-0.25, -0.2) is 5.32 Å². The zero-order valence-electron chi connectivity index (χ0n) is 5.94. The van der Waals surface area contributed by atoms with Crippen molar-refractivity contribution in [3.05, 3.63) is 0 Å². The lowest BCUT2D eigenvalue weighted by Crippen LogP contribution is -2.33. The van der Waals surface area contributed by atoms with Crippen molar-refractivity contribution >= 4 is 0 Å². The van der Waals surface area contributed by atoms with Crippen molar-refractivity contribution in [1.29, 1.82) is 0 Å². The van der Waals surface area contributed by atoms with Gasteiger partial charge in [-0.3, -0.25) is 0 Å². The Kier molecular flexibility index (Phi) is 5.01. The highest BCUT2D eigenvalue weighted by Crippen LogP contribution is 1.75. The lowest BCUT2D eigenvalue weighted by atomic mass is 10.4. The number of rotatable bonds is 4. The van der Waals surface area contributed by atoms with Gasteiger partial charge in [-0.15, -0.1) is 0 Å². The molecule has 1 unspecified atom stereocenters. The number of nitrogens with zero attached hydrogens (tertiary/aromatic N) is 1. The third kappa shape index (κ3) is 4.09. The Hall–Kier alpha value is -0.0800. The van der Waals surface area contributed by atoms with E-state index >= 15 is 0 Å². The third-order valence-corrected chi connectivity index (χ3v) is 1.08. The standard InChI is InChI=1S/C6H15N2/c1-4-5-8-6(2)7-3/h6,8H,4-5H2,1-3H3. The van der Waals surface area contributed by atoms with Crippen molar-refractivity contribution in [1.82, 2.24) is 10.6 Å². The lowest BCUT2D eigenvalue weighted by molar-refractivity contribution is 0.482. The summed E-state index contributed by atoms with van der Waals surface area (Å²) in [4.78, 5) is 0. The van der Waals surface area contributed by atoms with Crippen LogP contribution in [0.3, 0.4) is 0 Å². The molecule has 8 heavy (non-hydrogen) atoms. The van der Waals surface area contributed by atoms with E-state index in [1.165, 1.54) is 6.42 Å². The minimum Gasteiger partial charge on any atom is -0.301 e. The number of nitrogens with one attached hydrogen (secondary N) is 1. The highest BCUT2D eigenvalue weighted by molar-refractivity contribution is 4.51. The van der Waals surface area contributed by atoms with Crippen molar-refractivity contribution in [2.75, 3.05) is 13.6 Å². The van der Waals surface area contributed by atoms with E-state index in [4.69, 9.17) is 0 Å². The maximum atomic E-state index is 4.01. The summed E-state index contributed by atoms with van der Waals surface area (Å²) in [5.74, 6) is 0. The Morgan fingerprint density at radius 1 is 1.62 bits per heavy atom. The SMILES string of the molecule is CCCNC(C)[N]C. The monoisotopic (exact) mass is 115 g/mol. The van der Waals surface area contributed by atoms with Crippen LogP contribution in [0.15, 0.2) is 0 Å². The maximum Gasteiger partial charge on any atom is 0.0703 e. The minimum absolute atomic E-state index is 0.329. The summed E-state index contributed by atoms with van der Waals surface area (Å²) in [5.41, 5.74) is 0. The van der Waals surface area contributed by atoms with Gasteiger partial charge in [-0.05, 0) is 19.9 Å². The first-order valence-electron chi connectivity index (χ1n) is 3.13. The van der Waals surface area contributed by atoms with Crippen molar-refractivity contribution in [2.45, 2.75) is 26.4 Å². The van der Waals surface area contributed by atoms with Gasteiger partial charge in [-0.2, -0.15) is 0 Å². The summed E-state index contributed by atoms with van der Waals surface area (Å²) in [6, 6.07) is 0. The van der Waals surface area contributed by atoms with E-state index in [0.717, 1.165) is 6.54 Å². The molecular weight excluding hydrogens is 100 g/mol. The number of hydrogen-bond acceptors (Lipinski definition) is 1. The van der Waals surface area contributed by atoms with Gasteiger partial charge in [-0.1, -0.05) is 6.92 Å². The van der Waals surface area contributed by atoms with Crippen molar-refractivity contribution in [3.63, 3.8) is 0 Å². The fraction of sp³-hybridized carbons (Fsp3) is 1.00. The third-order valence-electron chi connectivity index (χ3n) is 1.08. The molecule has 2 heteroatoms. The topological polar surface area (TPSA) is 26.1 Å². The smallest absolute Gasteiger partial charge is 0.0703 e. The molecule has 0 rings (SSSR count). The van der Waals surface area contributed by atoms with Crippen LogP contribution in [0.25, 0.3) is 0 Å². The molecule has 0 saturated carbocycles. The average molecular weight is 115 g/mol.